The summed E-state index contributed by atoms with van der Waals surface area (Å²) in [5.74, 6) is 0.989. The van der Waals surface area contributed by atoms with Crippen LogP contribution in [0.25, 0.3) is 10.6 Å². The topological polar surface area (TPSA) is 94.6 Å². The average molecular weight is 334 g/mol. The van der Waals surface area contributed by atoms with Crippen LogP contribution in [-0.2, 0) is 9.53 Å². The first kappa shape index (κ1) is 15.8. The third-order valence-corrected chi connectivity index (χ3v) is 4.83. The number of carbonyl (C=O) groups is 2. The molecule has 2 amide bonds. The summed E-state index contributed by atoms with van der Waals surface area (Å²) in [7, 11) is 0. The highest BCUT2D eigenvalue weighted by Crippen LogP contribution is 2.29. The zero-order valence-corrected chi connectivity index (χ0v) is 13.5. The van der Waals surface area contributed by atoms with Crippen molar-refractivity contribution in [1.29, 1.82) is 0 Å². The highest BCUT2D eigenvalue weighted by molar-refractivity contribution is 7.17. The fourth-order valence-electron chi connectivity index (χ4n) is 2.52. The molecule has 3 N–H and O–H groups in total. The van der Waals surface area contributed by atoms with Crippen LogP contribution < -0.4 is 11.1 Å². The normalized spacial score (nSPS) is 20.6. The van der Waals surface area contributed by atoms with Crippen molar-refractivity contribution in [3.63, 3.8) is 0 Å². The van der Waals surface area contributed by atoms with E-state index >= 15 is 0 Å². The predicted octanol–water partition coefficient (Wildman–Crippen LogP) is 2.08. The van der Waals surface area contributed by atoms with Gasteiger partial charge in [-0.1, -0.05) is 0 Å². The number of aryl methyl sites for hydroxylation is 1. The minimum absolute atomic E-state index is 0.157. The molecule has 0 saturated carbocycles. The first-order valence-electron chi connectivity index (χ1n) is 7.42. The van der Waals surface area contributed by atoms with Crippen LogP contribution in [0.2, 0.25) is 0 Å². The van der Waals surface area contributed by atoms with E-state index in [4.69, 9.17) is 14.9 Å². The van der Waals surface area contributed by atoms with E-state index in [2.05, 4.69) is 5.32 Å². The van der Waals surface area contributed by atoms with Crippen molar-refractivity contribution < 1.29 is 18.7 Å². The molecule has 1 fully saturated rings. The zero-order valence-electron chi connectivity index (χ0n) is 12.7. The van der Waals surface area contributed by atoms with Gasteiger partial charge in [-0.25, -0.2) is 0 Å². The summed E-state index contributed by atoms with van der Waals surface area (Å²) in [4.78, 5) is 24.8. The molecule has 122 valence electrons. The van der Waals surface area contributed by atoms with Crippen molar-refractivity contribution in [2.24, 2.45) is 5.73 Å². The Balaban J connectivity index is 1.55. The maximum Gasteiger partial charge on any atom is 0.261 e. The van der Waals surface area contributed by atoms with Gasteiger partial charge in [-0.15, -0.1) is 11.3 Å². The monoisotopic (exact) mass is 334 g/mol. The maximum absolute atomic E-state index is 12.2. The number of carbonyl (C=O) groups excluding carboxylic acids is 2. The van der Waals surface area contributed by atoms with Gasteiger partial charge in [-0.05, 0) is 44.0 Å². The Morgan fingerprint density at radius 1 is 1.30 bits per heavy atom. The Morgan fingerprint density at radius 3 is 2.78 bits per heavy atom. The number of amides is 2. The molecule has 0 aliphatic carbocycles. The Bertz CT molecular complexity index is 721. The average Bonchev–Trinajstić information content (AvgIpc) is 3.24. The molecule has 2 atom stereocenters. The third-order valence-electron chi connectivity index (χ3n) is 3.73. The van der Waals surface area contributed by atoms with Crippen LogP contribution in [0.3, 0.4) is 0 Å². The summed E-state index contributed by atoms with van der Waals surface area (Å²) >= 11 is 1.37. The summed E-state index contributed by atoms with van der Waals surface area (Å²) in [5, 5.41) is 2.83. The fraction of sp³-hybridized carbons (Fsp3) is 0.375. The lowest BCUT2D eigenvalue weighted by molar-refractivity contribution is -0.128. The van der Waals surface area contributed by atoms with Gasteiger partial charge < -0.3 is 20.2 Å². The van der Waals surface area contributed by atoms with Gasteiger partial charge in [0.15, 0.2) is 0 Å². The molecule has 2 aromatic heterocycles. The standard InChI is InChI=1S/C16H18N2O4S/c1-9-2-4-11(21-9)13-6-7-14(23-13)16(20)18-8-10-3-5-12(22-10)15(17)19/h2,4,6-7,10,12H,3,5,8H2,1H3,(H2,17,19)(H,18,20)/t10-,12-/m1/s1. The van der Waals surface area contributed by atoms with Crippen LogP contribution in [-0.4, -0.2) is 30.6 Å². The lowest BCUT2D eigenvalue weighted by atomic mass is 10.2. The van der Waals surface area contributed by atoms with E-state index in [0.29, 0.717) is 17.8 Å². The maximum atomic E-state index is 12.2. The van der Waals surface area contributed by atoms with Gasteiger partial charge in [0.1, 0.15) is 17.6 Å². The molecule has 0 aromatic carbocycles. The second-order valence-electron chi connectivity index (χ2n) is 5.51. The van der Waals surface area contributed by atoms with Gasteiger partial charge in [0, 0.05) is 6.54 Å². The van der Waals surface area contributed by atoms with Gasteiger partial charge >= 0.3 is 0 Å². The van der Waals surface area contributed by atoms with E-state index in [0.717, 1.165) is 22.8 Å². The predicted molar refractivity (Wildman–Crippen MR) is 86.2 cm³/mol. The van der Waals surface area contributed by atoms with E-state index in [1.54, 1.807) is 6.07 Å². The van der Waals surface area contributed by atoms with Gasteiger partial charge in [-0.3, -0.25) is 9.59 Å². The van der Waals surface area contributed by atoms with E-state index in [9.17, 15) is 9.59 Å². The quantitative estimate of drug-likeness (QED) is 0.875. The van der Waals surface area contributed by atoms with Crippen molar-refractivity contribution in [2.75, 3.05) is 6.54 Å². The SMILES string of the molecule is Cc1ccc(-c2ccc(C(=O)NC[C@H]3CC[C@H](C(N)=O)O3)s2)o1. The number of rotatable bonds is 5. The van der Waals surface area contributed by atoms with Crippen LogP contribution in [0, 0.1) is 6.92 Å². The summed E-state index contributed by atoms with van der Waals surface area (Å²) in [6, 6.07) is 7.42. The van der Waals surface area contributed by atoms with E-state index < -0.39 is 12.0 Å². The Labute approximate surface area is 137 Å². The minimum atomic E-state index is -0.535. The molecule has 0 unspecified atom stereocenters. The molecule has 0 radical (unpaired) electrons. The molecular weight excluding hydrogens is 316 g/mol. The van der Waals surface area contributed by atoms with Crippen molar-refractivity contribution in [2.45, 2.75) is 32.0 Å². The molecule has 7 heteroatoms. The summed E-state index contributed by atoms with van der Waals surface area (Å²) in [5.41, 5.74) is 5.21. The highest BCUT2D eigenvalue weighted by atomic mass is 32.1. The first-order chi connectivity index (χ1) is 11.0. The van der Waals surface area contributed by atoms with Crippen molar-refractivity contribution in [1.82, 2.24) is 5.32 Å². The number of ether oxygens (including phenoxy) is 1. The minimum Gasteiger partial charge on any atom is -0.461 e. The fourth-order valence-corrected chi connectivity index (χ4v) is 3.40. The summed E-state index contributed by atoms with van der Waals surface area (Å²) in [6.45, 7) is 2.25. The molecule has 0 bridgehead atoms. The Morgan fingerprint density at radius 2 is 2.13 bits per heavy atom. The van der Waals surface area contributed by atoms with Crippen LogP contribution in [0.1, 0.15) is 28.3 Å². The molecule has 1 aliphatic heterocycles. The first-order valence-corrected chi connectivity index (χ1v) is 8.24. The Hall–Kier alpha value is -2.12. The molecular formula is C16H18N2O4S. The largest absolute Gasteiger partial charge is 0.461 e. The van der Waals surface area contributed by atoms with Crippen LogP contribution >= 0.6 is 11.3 Å². The number of hydrogen-bond donors (Lipinski definition) is 2. The van der Waals surface area contributed by atoms with E-state index in [1.165, 1.54) is 11.3 Å². The highest BCUT2D eigenvalue weighted by Gasteiger charge is 2.29. The number of furan rings is 1. The lowest BCUT2D eigenvalue weighted by Crippen LogP contribution is -2.34. The van der Waals surface area contributed by atoms with E-state index in [-0.39, 0.29) is 12.0 Å². The van der Waals surface area contributed by atoms with Gasteiger partial charge in [0.05, 0.1) is 15.9 Å². The lowest BCUT2D eigenvalue weighted by Gasteiger charge is -2.12. The zero-order chi connectivity index (χ0) is 16.4. The van der Waals surface area contributed by atoms with Crippen LogP contribution in [0.5, 0.6) is 0 Å². The van der Waals surface area contributed by atoms with Crippen molar-refractivity contribution in [3.05, 3.63) is 34.9 Å². The molecule has 3 rings (SSSR count). The summed E-state index contributed by atoms with van der Waals surface area (Å²) in [6.07, 6.45) is 0.627. The van der Waals surface area contributed by atoms with Gasteiger partial charge in [0.2, 0.25) is 5.91 Å². The molecule has 3 heterocycles. The smallest absolute Gasteiger partial charge is 0.261 e. The molecule has 6 nitrogen and oxygen atoms in total. The van der Waals surface area contributed by atoms with Crippen LogP contribution in [0.4, 0.5) is 0 Å². The molecule has 1 aliphatic rings. The molecule has 2 aromatic rings. The number of nitrogens with two attached hydrogens (primary N) is 1. The molecule has 23 heavy (non-hydrogen) atoms. The van der Waals surface area contributed by atoms with Crippen molar-refractivity contribution >= 4 is 23.2 Å². The van der Waals surface area contributed by atoms with Crippen molar-refractivity contribution in [3.8, 4) is 10.6 Å². The second kappa shape index (κ2) is 6.55. The number of primary amides is 1. The van der Waals surface area contributed by atoms with E-state index in [1.807, 2.05) is 25.1 Å². The Kier molecular flexibility index (Phi) is 4.49. The third kappa shape index (κ3) is 3.62. The van der Waals surface area contributed by atoms with Crippen LogP contribution in [0.15, 0.2) is 28.7 Å². The number of thiophene rings is 1. The molecule has 0 spiro atoms. The van der Waals surface area contributed by atoms with Gasteiger partial charge in [-0.2, -0.15) is 0 Å². The van der Waals surface area contributed by atoms with Gasteiger partial charge in [0.25, 0.3) is 5.91 Å². The second-order valence-corrected chi connectivity index (χ2v) is 6.59. The number of hydrogen-bond acceptors (Lipinski definition) is 5. The summed E-state index contributed by atoms with van der Waals surface area (Å²) < 4.78 is 11.0. The number of nitrogens with one attached hydrogen (secondary N) is 1. The molecule has 1 saturated heterocycles.